The first kappa shape index (κ1) is 29.8. The number of hydrogen-bond donors (Lipinski definition) is 1. The maximum atomic E-state index is 13.5. The van der Waals surface area contributed by atoms with E-state index in [0.717, 1.165) is 76.4 Å². The van der Waals surface area contributed by atoms with Crippen LogP contribution in [0.15, 0.2) is 24.3 Å². The molecule has 0 amide bonds. The summed E-state index contributed by atoms with van der Waals surface area (Å²) in [6.45, 7) is 9.91. The molecule has 4 aliphatic carbocycles. The Hall–Kier alpha value is -1.68. The Bertz CT molecular complexity index is 1030. The van der Waals surface area contributed by atoms with Crippen LogP contribution in [0.1, 0.15) is 136 Å². The summed E-state index contributed by atoms with van der Waals surface area (Å²) in [5, 5.41) is 3.91. The number of nitrogens with one attached hydrogen (secondary N) is 1. The molecule has 4 saturated carbocycles. The second kappa shape index (κ2) is 12.7. The zero-order chi connectivity index (χ0) is 28.3. The Morgan fingerprint density at radius 2 is 1.82 bits per heavy atom. The summed E-state index contributed by atoms with van der Waals surface area (Å²) in [5.74, 6) is 4.33. The van der Waals surface area contributed by atoms with Crippen molar-refractivity contribution in [1.29, 1.82) is 0 Å². The van der Waals surface area contributed by atoms with E-state index in [1.807, 2.05) is 0 Å². The molecule has 5 rings (SSSR count). The van der Waals surface area contributed by atoms with Crippen LogP contribution in [-0.2, 0) is 9.59 Å². The first-order valence-electron chi connectivity index (χ1n) is 16.9. The van der Waals surface area contributed by atoms with Crippen LogP contribution < -0.4 is 10.1 Å². The molecule has 0 aliphatic heterocycles. The van der Waals surface area contributed by atoms with E-state index in [9.17, 15) is 9.59 Å². The first-order valence-corrected chi connectivity index (χ1v) is 16.9. The maximum absolute atomic E-state index is 13.5. The molecule has 40 heavy (non-hydrogen) atoms. The van der Waals surface area contributed by atoms with Crippen molar-refractivity contribution in [3.63, 3.8) is 0 Å². The number of fused-ring (bicyclic) bond motifs is 5. The summed E-state index contributed by atoms with van der Waals surface area (Å²) in [5.41, 5.74) is 1.43. The highest BCUT2D eigenvalue weighted by Crippen LogP contribution is 2.66. The lowest BCUT2D eigenvalue weighted by molar-refractivity contribution is -0.147. The van der Waals surface area contributed by atoms with Crippen LogP contribution in [0, 0.1) is 34.5 Å². The standard InChI is InChI=1S/C36H55NO3/c1-5-8-12-33(37-27(6-2)7-3)25-10-9-11-29(23-25)40-22-21-36-20-18-31-30(32(36)15-16-34(36)39)14-13-26-24-28(38)17-19-35(26,31)4/h9-11,23,26-27,30-33,37H,5-8,12-22,24H2,1-4H3/t26?,30?,31?,32?,33?,35-,36+/m0/s1. The van der Waals surface area contributed by atoms with Crippen LogP contribution in [0.25, 0.3) is 0 Å². The van der Waals surface area contributed by atoms with E-state index in [1.54, 1.807) is 0 Å². The number of Topliss-reactive ketones (excluding diaryl/α,β-unsaturated/α-hetero) is 2. The molecule has 0 bridgehead atoms. The van der Waals surface area contributed by atoms with Crippen molar-refractivity contribution in [2.24, 2.45) is 34.5 Å². The highest BCUT2D eigenvalue weighted by molar-refractivity contribution is 5.87. The van der Waals surface area contributed by atoms with Crippen molar-refractivity contribution in [2.75, 3.05) is 6.61 Å². The van der Waals surface area contributed by atoms with Crippen molar-refractivity contribution in [2.45, 2.75) is 136 Å². The number of benzene rings is 1. The molecule has 4 nitrogen and oxygen atoms in total. The number of ether oxygens (including phenoxy) is 1. The van der Waals surface area contributed by atoms with Crippen LogP contribution in [0.3, 0.4) is 0 Å². The third kappa shape index (κ3) is 5.68. The second-order valence-electron chi connectivity index (χ2n) is 14.1. The molecule has 7 atom stereocenters. The topological polar surface area (TPSA) is 55.4 Å². The number of rotatable bonds is 12. The lowest BCUT2D eigenvalue weighted by Crippen LogP contribution is -2.54. The Kier molecular flexibility index (Phi) is 9.44. The van der Waals surface area contributed by atoms with E-state index in [4.69, 9.17) is 4.74 Å². The number of unbranched alkanes of at least 4 members (excludes halogenated alkanes) is 1. The van der Waals surface area contributed by atoms with E-state index < -0.39 is 0 Å². The predicted octanol–water partition coefficient (Wildman–Crippen LogP) is 8.63. The molecular formula is C36H55NO3. The second-order valence-corrected chi connectivity index (χ2v) is 14.1. The molecule has 0 saturated heterocycles. The van der Waals surface area contributed by atoms with Gasteiger partial charge in [0.25, 0.3) is 0 Å². The smallest absolute Gasteiger partial charge is 0.139 e. The van der Waals surface area contributed by atoms with Gasteiger partial charge in [0.15, 0.2) is 0 Å². The van der Waals surface area contributed by atoms with Crippen molar-refractivity contribution in [1.82, 2.24) is 5.32 Å². The normalized spacial score (nSPS) is 34.3. The molecule has 0 spiro atoms. The summed E-state index contributed by atoms with van der Waals surface area (Å²) in [6.07, 6.45) is 15.7. The predicted molar refractivity (Wildman–Crippen MR) is 162 cm³/mol. The van der Waals surface area contributed by atoms with Gasteiger partial charge < -0.3 is 10.1 Å². The molecular weight excluding hydrogens is 494 g/mol. The lowest BCUT2D eigenvalue weighted by atomic mass is 9.45. The van der Waals surface area contributed by atoms with Gasteiger partial charge in [0.05, 0.1) is 6.61 Å². The number of carbonyl (C=O) groups is 2. The van der Waals surface area contributed by atoms with Gasteiger partial charge >= 0.3 is 0 Å². The molecule has 5 unspecified atom stereocenters. The van der Waals surface area contributed by atoms with E-state index in [2.05, 4.69) is 57.3 Å². The molecule has 1 aromatic rings. The monoisotopic (exact) mass is 549 g/mol. The Morgan fingerprint density at radius 3 is 2.60 bits per heavy atom. The summed E-state index contributed by atoms with van der Waals surface area (Å²) < 4.78 is 6.45. The van der Waals surface area contributed by atoms with E-state index in [-0.39, 0.29) is 5.41 Å². The molecule has 1 N–H and O–H groups in total. The van der Waals surface area contributed by atoms with Gasteiger partial charge in [-0.05, 0) is 111 Å². The van der Waals surface area contributed by atoms with Crippen LogP contribution in [0.2, 0.25) is 0 Å². The summed E-state index contributed by atoms with van der Waals surface area (Å²) >= 11 is 0. The summed E-state index contributed by atoms with van der Waals surface area (Å²) in [4.78, 5) is 25.8. The van der Waals surface area contributed by atoms with Crippen LogP contribution in [0.4, 0.5) is 0 Å². The Labute approximate surface area is 243 Å². The van der Waals surface area contributed by atoms with E-state index in [1.165, 1.54) is 31.2 Å². The molecule has 4 heteroatoms. The molecule has 222 valence electrons. The van der Waals surface area contributed by atoms with E-state index >= 15 is 0 Å². The molecule has 0 aromatic heterocycles. The first-order chi connectivity index (χ1) is 19.3. The lowest BCUT2D eigenvalue weighted by Gasteiger charge is -2.59. The fraction of sp³-hybridized carbons (Fsp3) is 0.778. The van der Waals surface area contributed by atoms with Gasteiger partial charge in [0.2, 0.25) is 0 Å². The van der Waals surface area contributed by atoms with Crippen molar-refractivity contribution < 1.29 is 14.3 Å². The number of ketones is 2. The third-order valence-electron chi connectivity index (χ3n) is 12.3. The van der Waals surface area contributed by atoms with E-state index in [0.29, 0.717) is 59.3 Å². The van der Waals surface area contributed by atoms with Crippen molar-refractivity contribution in [3.05, 3.63) is 29.8 Å². The number of carbonyl (C=O) groups excluding carboxylic acids is 2. The minimum atomic E-state index is -0.187. The van der Waals surface area contributed by atoms with Crippen LogP contribution in [0.5, 0.6) is 5.75 Å². The van der Waals surface area contributed by atoms with Gasteiger partial charge in [-0.1, -0.05) is 52.7 Å². The molecule has 4 aliphatic rings. The quantitative estimate of drug-likeness (QED) is 0.283. The minimum absolute atomic E-state index is 0.187. The zero-order valence-corrected chi connectivity index (χ0v) is 25.8. The Morgan fingerprint density at radius 1 is 1.00 bits per heavy atom. The number of hydrogen-bond acceptors (Lipinski definition) is 4. The fourth-order valence-corrected chi connectivity index (χ4v) is 9.82. The minimum Gasteiger partial charge on any atom is -0.494 e. The van der Waals surface area contributed by atoms with Crippen LogP contribution in [-0.4, -0.2) is 24.2 Å². The molecule has 0 radical (unpaired) electrons. The zero-order valence-electron chi connectivity index (χ0n) is 25.8. The average molecular weight is 550 g/mol. The highest BCUT2D eigenvalue weighted by Gasteiger charge is 2.61. The maximum Gasteiger partial charge on any atom is 0.139 e. The summed E-state index contributed by atoms with van der Waals surface area (Å²) in [7, 11) is 0. The van der Waals surface area contributed by atoms with Gasteiger partial charge in [0.1, 0.15) is 17.3 Å². The van der Waals surface area contributed by atoms with Crippen molar-refractivity contribution in [3.8, 4) is 5.75 Å². The molecule has 1 aromatic carbocycles. The highest BCUT2D eigenvalue weighted by atomic mass is 16.5. The molecule has 0 heterocycles. The van der Waals surface area contributed by atoms with Crippen LogP contribution >= 0.6 is 0 Å². The van der Waals surface area contributed by atoms with Gasteiger partial charge in [-0.15, -0.1) is 0 Å². The van der Waals surface area contributed by atoms with Gasteiger partial charge in [-0.3, -0.25) is 9.59 Å². The average Bonchev–Trinajstić information content (AvgIpc) is 3.30. The van der Waals surface area contributed by atoms with Gasteiger partial charge in [-0.2, -0.15) is 0 Å². The Balaban J connectivity index is 1.25. The summed E-state index contributed by atoms with van der Waals surface area (Å²) in [6, 6.07) is 9.61. The van der Waals surface area contributed by atoms with Crippen molar-refractivity contribution >= 4 is 11.6 Å². The van der Waals surface area contributed by atoms with Gasteiger partial charge in [0, 0.05) is 36.8 Å². The fourth-order valence-electron chi connectivity index (χ4n) is 9.82. The van der Waals surface area contributed by atoms with Gasteiger partial charge in [-0.25, -0.2) is 0 Å². The third-order valence-corrected chi connectivity index (χ3v) is 12.3. The SMILES string of the molecule is CCCCC(NC(CC)CC)c1cccc(OCC[C@]23CCC4C(CCC5CC(=O)CC[C@@]54C)C2CCC3=O)c1. The molecule has 4 fully saturated rings. The largest absolute Gasteiger partial charge is 0.494 e.